The van der Waals surface area contributed by atoms with Gasteiger partial charge in [-0.05, 0) is 41.8 Å². The van der Waals surface area contributed by atoms with Crippen molar-refractivity contribution >= 4 is 5.91 Å². The number of phenols is 2. The molecule has 0 aliphatic carbocycles. The molecule has 0 saturated heterocycles. The molecule has 7 heteroatoms. The molecule has 2 aromatic rings. The number of hydrogen-bond donors (Lipinski definition) is 3. The number of hydrogen-bond acceptors (Lipinski definition) is 3. The summed E-state index contributed by atoms with van der Waals surface area (Å²) in [5, 5.41) is 21.1. The van der Waals surface area contributed by atoms with Crippen LogP contribution in [0.5, 0.6) is 11.5 Å². The lowest BCUT2D eigenvalue weighted by atomic mass is 10.1. The number of aryl methyl sites for hydroxylation is 1. The van der Waals surface area contributed by atoms with Crippen molar-refractivity contribution in [2.75, 3.05) is 0 Å². The van der Waals surface area contributed by atoms with Gasteiger partial charge in [0.1, 0.15) is 0 Å². The number of aromatic hydroxyl groups is 2. The maximum atomic E-state index is 12.6. The van der Waals surface area contributed by atoms with Crippen LogP contribution in [0.4, 0.5) is 13.2 Å². The predicted octanol–water partition coefficient (Wildman–Crippen LogP) is 3.37. The summed E-state index contributed by atoms with van der Waals surface area (Å²) in [5.74, 6) is -0.829. The second-order valence-electron chi connectivity index (χ2n) is 5.30. The minimum absolute atomic E-state index is 0.00355. The number of carbonyl (C=O) groups is 1. The van der Waals surface area contributed by atoms with Crippen LogP contribution in [0.25, 0.3) is 0 Å². The third-order valence-electron chi connectivity index (χ3n) is 3.42. The van der Waals surface area contributed by atoms with Gasteiger partial charge in [-0.25, -0.2) is 0 Å². The molecule has 0 unspecified atom stereocenters. The standard InChI is InChI=1S/C17H16F3NO3/c18-17(19,20)13-3-1-2-12(8-13)10-21-16(24)7-5-11-4-6-14(22)15(23)9-11/h1-4,6,8-9,22-23H,5,7,10H2,(H,21,24). The molecule has 0 heterocycles. The van der Waals surface area contributed by atoms with Gasteiger partial charge in [0, 0.05) is 13.0 Å². The van der Waals surface area contributed by atoms with Crippen molar-refractivity contribution in [3.63, 3.8) is 0 Å². The molecule has 1 amide bonds. The molecule has 0 bridgehead atoms. The summed E-state index contributed by atoms with van der Waals surface area (Å²) in [6.45, 7) is 0.00355. The Morgan fingerprint density at radius 3 is 2.42 bits per heavy atom. The zero-order chi connectivity index (χ0) is 17.7. The summed E-state index contributed by atoms with van der Waals surface area (Å²) in [7, 11) is 0. The maximum Gasteiger partial charge on any atom is 0.416 e. The summed E-state index contributed by atoms with van der Waals surface area (Å²) < 4.78 is 37.8. The average Bonchev–Trinajstić information content (AvgIpc) is 2.53. The number of benzene rings is 2. The Morgan fingerprint density at radius 1 is 1.00 bits per heavy atom. The minimum Gasteiger partial charge on any atom is -0.504 e. The fourth-order valence-corrected chi connectivity index (χ4v) is 2.13. The number of carbonyl (C=O) groups excluding carboxylic acids is 1. The fraction of sp³-hybridized carbons (Fsp3) is 0.235. The summed E-state index contributed by atoms with van der Waals surface area (Å²) in [6.07, 6.45) is -3.97. The summed E-state index contributed by atoms with van der Waals surface area (Å²) in [4.78, 5) is 11.8. The second-order valence-corrected chi connectivity index (χ2v) is 5.30. The average molecular weight is 339 g/mol. The molecule has 0 fully saturated rings. The summed E-state index contributed by atoms with van der Waals surface area (Å²) in [6, 6.07) is 9.04. The highest BCUT2D eigenvalue weighted by Crippen LogP contribution is 2.29. The molecule has 4 nitrogen and oxygen atoms in total. The monoisotopic (exact) mass is 339 g/mol. The van der Waals surface area contributed by atoms with E-state index in [0.29, 0.717) is 17.5 Å². The van der Waals surface area contributed by atoms with Crippen LogP contribution in [0.15, 0.2) is 42.5 Å². The number of amides is 1. The molecular formula is C17H16F3NO3. The Balaban J connectivity index is 1.86. The van der Waals surface area contributed by atoms with Crippen molar-refractivity contribution in [3.8, 4) is 11.5 Å². The van der Waals surface area contributed by atoms with Gasteiger partial charge >= 0.3 is 6.18 Å². The van der Waals surface area contributed by atoms with E-state index in [1.807, 2.05) is 0 Å². The van der Waals surface area contributed by atoms with Gasteiger partial charge in [-0.1, -0.05) is 18.2 Å². The van der Waals surface area contributed by atoms with Gasteiger partial charge in [-0.3, -0.25) is 4.79 Å². The molecule has 3 N–H and O–H groups in total. The first-order valence-electron chi connectivity index (χ1n) is 7.19. The Hall–Kier alpha value is -2.70. The van der Waals surface area contributed by atoms with Crippen LogP contribution in [-0.2, 0) is 23.9 Å². The van der Waals surface area contributed by atoms with E-state index < -0.39 is 11.7 Å². The van der Waals surface area contributed by atoms with Gasteiger partial charge in [-0.2, -0.15) is 13.2 Å². The number of rotatable bonds is 5. The van der Waals surface area contributed by atoms with E-state index in [-0.39, 0.29) is 30.4 Å². The van der Waals surface area contributed by atoms with E-state index in [0.717, 1.165) is 12.1 Å². The Morgan fingerprint density at radius 2 is 1.75 bits per heavy atom. The van der Waals surface area contributed by atoms with E-state index >= 15 is 0 Å². The number of halogens is 3. The van der Waals surface area contributed by atoms with E-state index in [9.17, 15) is 28.2 Å². The van der Waals surface area contributed by atoms with Gasteiger partial charge < -0.3 is 15.5 Å². The van der Waals surface area contributed by atoms with Crippen LogP contribution in [0, 0.1) is 0 Å². The van der Waals surface area contributed by atoms with E-state index in [1.165, 1.54) is 24.3 Å². The van der Waals surface area contributed by atoms with Crippen LogP contribution < -0.4 is 5.32 Å². The lowest BCUT2D eigenvalue weighted by molar-refractivity contribution is -0.137. The zero-order valence-corrected chi connectivity index (χ0v) is 12.6. The lowest BCUT2D eigenvalue weighted by Gasteiger charge is -2.10. The molecule has 2 aromatic carbocycles. The minimum atomic E-state index is -4.42. The van der Waals surface area contributed by atoms with Crippen LogP contribution in [-0.4, -0.2) is 16.1 Å². The first-order chi connectivity index (χ1) is 11.3. The van der Waals surface area contributed by atoms with Crippen LogP contribution in [0.3, 0.4) is 0 Å². The van der Waals surface area contributed by atoms with Gasteiger partial charge in [-0.15, -0.1) is 0 Å². The molecular weight excluding hydrogens is 323 g/mol. The quantitative estimate of drug-likeness (QED) is 0.732. The van der Waals surface area contributed by atoms with Gasteiger partial charge in [0.15, 0.2) is 11.5 Å². The summed E-state index contributed by atoms with van der Waals surface area (Å²) >= 11 is 0. The normalized spacial score (nSPS) is 11.3. The van der Waals surface area contributed by atoms with E-state index in [1.54, 1.807) is 6.07 Å². The molecule has 0 atom stereocenters. The third-order valence-corrected chi connectivity index (χ3v) is 3.42. The Bertz CT molecular complexity index is 729. The molecule has 128 valence electrons. The number of phenolic OH excluding ortho intramolecular Hbond substituents is 2. The van der Waals surface area contributed by atoms with Crippen molar-refractivity contribution in [1.82, 2.24) is 5.32 Å². The molecule has 0 aliphatic heterocycles. The zero-order valence-electron chi connectivity index (χ0n) is 12.6. The van der Waals surface area contributed by atoms with E-state index in [2.05, 4.69) is 5.32 Å². The largest absolute Gasteiger partial charge is 0.504 e. The highest BCUT2D eigenvalue weighted by atomic mass is 19.4. The Labute approximate surface area is 136 Å². The third kappa shape index (κ3) is 4.91. The number of alkyl halides is 3. The van der Waals surface area contributed by atoms with Gasteiger partial charge in [0.05, 0.1) is 5.56 Å². The fourth-order valence-electron chi connectivity index (χ4n) is 2.13. The molecule has 0 aliphatic rings. The highest BCUT2D eigenvalue weighted by Gasteiger charge is 2.30. The van der Waals surface area contributed by atoms with Crippen molar-refractivity contribution in [1.29, 1.82) is 0 Å². The van der Waals surface area contributed by atoms with Crippen LogP contribution in [0.1, 0.15) is 23.1 Å². The lowest BCUT2D eigenvalue weighted by Crippen LogP contribution is -2.23. The Kier molecular flexibility index (Phi) is 5.33. The van der Waals surface area contributed by atoms with Gasteiger partial charge in [0.25, 0.3) is 0 Å². The molecule has 2 rings (SSSR count). The van der Waals surface area contributed by atoms with Crippen LogP contribution in [0.2, 0.25) is 0 Å². The summed E-state index contributed by atoms with van der Waals surface area (Å²) in [5.41, 5.74) is 0.272. The molecule has 0 saturated carbocycles. The van der Waals surface area contributed by atoms with Crippen molar-refractivity contribution in [2.45, 2.75) is 25.6 Å². The molecule has 24 heavy (non-hydrogen) atoms. The second kappa shape index (κ2) is 7.25. The molecule has 0 spiro atoms. The van der Waals surface area contributed by atoms with Crippen molar-refractivity contribution in [2.24, 2.45) is 0 Å². The van der Waals surface area contributed by atoms with Crippen molar-refractivity contribution in [3.05, 3.63) is 59.2 Å². The maximum absolute atomic E-state index is 12.6. The topological polar surface area (TPSA) is 69.6 Å². The van der Waals surface area contributed by atoms with Gasteiger partial charge in [0.2, 0.25) is 5.91 Å². The first kappa shape index (κ1) is 17.7. The highest BCUT2D eigenvalue weighted by molar-refractivity contribution is 5.76. The van der Waals surface area contributed by atoms with Crippen molar-refractivity contribution < 1.29 is 28.2 Å². The van der Waals surface area contributed by atoms with E-state index in [4.69, 9.17) is 0 Å². The number of nitrogens with one attached hydrogen (secondary N) is 1. The molecule has 0 aromatic heterocycles. The SMILES string of the molecule is O=C(CCc1ccc(O)c(O)c1)NCc1cccc(C(F)(F)F)c1. The van der Waals surface area contributed by atoms with Crippen LogP contribution >= 0.6 is 0 Å². The molecule has 0 radical (unpaired) electrons. The predicted molar refractivity (Wildman–Crippen MR) is 81.4 cm³/mol. The first-order valence-corrected chi connectivity index (χ1v) is 7.19. The smallest absolute Gasteiger partial charge is 0.416 e.